The van der Waals surface area contributed by atoms with Crippen LogP contribution in [0.25, 0.3) is 28.6 Å². The molecule has 3 rings (SSSR count). The first-order valence-electron chi connectivity index (χ1n) is 5.14. The summed E-state index contributed by atoms with van der Waals surface area (Å²) in [6.45, 7) is 5.60. The van der Waals surface area contributed by atoms with E-state index in [-0.39, 0.29) is 0 Å². The van der Waals surface area contributed by atoms with Crippen molar-refractivity contribution in [2.24, 2.45) is 0 Å². The van der Waals surface area contributed by atoms with Crippen LogP contribution in [0, 0.1) is 6.92 Å². The molecule has 0 fully saturated rings. The third kappa shape index (κ3) is 1.34. The zero-order valence-electron chi connectivity index (χ0n) is 9.25. The minimum Gasteiger partial charge on any atom is -0.346 e. The maximum absolute atomic E-state index is 4.28. The number of fused-ring (bicyclic) bond motifs is 1. The van der Waals surface area contributed by atoms with Crippen molar-refractivity contribution in [1.82, 2.24) is 29.9 Å². The van der Waals surface area contributed by atoms with Gasteiger partial charge in [-0.15, -0.1) is 5.10 Å². The highest BCUT2D eigenvalue weighted by molar-refractivity contribution is 5.89. The van der Waals surface area contributed by atoms with E-state index in [2.05, 4.69) is 31.8 Å². The Morgan fingerprint density at radius 2 is 2.24 bits per heavy atom. The van der Waals surface area contributed by atoms with Gasteiger partial charge in [0, 0.05) is 17.8 Å². The molecule has 0 saturated carbocycles. The van der Waals surface area contributed by atoms with Crippen LogP contribution in [0.1, 0.15) is 5.69 Å². The average molecular weight is 226 g/mol. The molecule has 0 aliphatic heterocycles. The Morgan fingerprint density at radius 3 is 3.00 bits per heavy atom. The molecule has 84 valence electrons. The second kappa shape index (κ2) is 3.51. The van der Waals surface area contributed by atoms with E-state index in [4.69, 9.17) is 0 Å². The van der Waals surface area contributed by atoms with Gasteiger partial charge in [-0.05, 0) is 13.0 Å². The van der Waals surface area contributed by atoms with Gasteiger partial charge in [0.1, 0.15) is 23.4 Å². The number of hydrogen-bond donors (Lipinski definition) is 1. The standard InChI is InChI=1S/C11H10N6/c1-3-17-7(2)9(15-16-17)10-8-4-5-12-11(8)14-6-13-10/h3-6H,1H2,2H3,(H,12,13,14). The van der Waals surface area contributed by atoms with Gasteiger partial charge in [0.15, 0.2) is 0 Å². The largest absolute Gasteiger partial charge is 0.346 e. The molecule has 3 aromatic heterocycles. The summed E-state index contributed by atoms with van der Waals surface area (Å²) in [6.07, 6.45) is 4.96. The molecule has 0 amide bonds. The first kappa shape index (κ1) is 9.71. The van der Waals surface area contributed by atoms with E-state index in [1.807, 2.05) is 19.2 Å². The molecule has 6 nitrogen and oxygen atoms in total. The third-order valence-electron chi connectivity index (χ3n) is 2.68. The highest BCUT2D eigenvalue weighted by atomic mass is 15.4. The lowest BCUT2D eigenvalue weighted by atomic mass is 10.2. The molecular weight excluding hydrogens is 216 g/mol. The van der Waals surface area contributed by atoms with Gasteiger partial charge in [-0.25, -0.2) is 14.6 Å². The summed E-state index contributed by atoms with van der Waals surface area (Å²) < 4.78 is 1.62. The molecule has 0 aromatic carbocycles. The van der Waals surface area contributed by atoms with Crippen LogP contribution in [0.5, 0.6) is 0 Å². The molecule has 0 unspecified atom stereocenters. The fourth-order valence-electron chi connectivity index (χ4n) is 1.79. The summed E-state index contributed by atoms with van der Waals surface area (Å²) in [5.41, 5.74) is 3.22. The van der Waals surface area contributed by atoms with E-state index in [0.29, 0.717) is 0 Å². The lowest BCUT2D eigenvalue weighted by Gasteiger charge is -1.99. The minimum absolute atomic E-state index is 0.747. The molecule has 0 radical (unpaired) electrons. The fourth-order valence-corrected chi connectivity index (χ4v) is 1.79. The average Bonchev–Trinajstić information content (AvgIpc) is 2.94. The van der Waals surface area contributed by atoms with Crippen LogP contribution in [0.2, 0.25) is 0 Å². The Hall–Kier alpha value is -2.50. The van der Waals surface area contributed by atoms with Crippen LogP contribution >= 0.6 is 0 Å². The van der Waals surface area contributed by atoms with E-state index in [1.54, 1.807) is 10.9 Å². The molecule has 6 heteroatoms. The van der Waals surface area contributed by atoms with Crippen LogP contribution in [0.3, 0.4) is 0 Å². The summed E-state index contributed by atoms with van der Waals surface area (Å²) >= 11 is 0. The topological polar surface area (TPSA) is 72.3 Å². The Kier molecular flexibility index (Phi) is 2.01. The zero-order valence-corrected chi connectivity index (χ0v) is 9.25. The summed E-state index contributed by atoms with van der Waals surface area (Å²) in [7, 11) is 0. The Balaban J connectivity index is 2.30. The Labute approximate surface area is 97.0 Å². The van der Waals surface area contributed by atoms with E-state index >= 15 is 0 Å². The van der Waals surface area contributed by atoms with Crippen LogP contribution in [0.4, 0.5) is 0 Å². The number of rotatable bonds is 2. The van der Waals surface area contributed by atoms with E-state index in [0.717, 1.165) is 28.1 Å². The fraction of sp³-hybridized carbons (Fsp3) is 0.0909. The SMILES string of the molecule is C=Cn1nnc(-c2ncnc3[nH]ccc23)c1C. The number of nitrogens with zero attached hydrogens (tertiary/aromatic N) is 5. The van der Waals surface area contributed by atoms with E-state index < -0.39 is 0 Å². The van der Waals surface area contributed by atoms with Crippen LogP contribution in [-0.4, -0.2) is 29.9 Å². The maximum Gasteiger partial charge on any atom is 0.141 e. The molecule has 0 spiro atoms. The molecule has 3 heterocycles. The second-order valence-electron chi connectivity index (χ2n) is 3.61. The molecule has 0 bridgehead atoms. The minimum atomic E-state index is 0.747. The maximum atomic E-state index is 4.28. The number of H-pyrrole nitrogens is 1. The van der Waals surface area contributed by atoms with E-state index in [1.165, 1.54) is 6.33 Å². The van der Waals surface area contributed by atoms with Crippen molar-refractivity contribution in [1.29, 1.82) is 0 Å². The van der Waals surface area contributed by atoms with Crippen molar-refractivity contribution >= 4 is 17.2 Å². The molecule has 1 N–H and O–H groups in total. The Bertz CT molecular complexity index is 693. The zero-order chi connectivity index (χ0) is 11.8. The van der Waals surface area contributed by atoms with E-state index in [9.17, 15) is 0 Å². The van der Waals surface area contributed by atoms with Crippen molar-refractivity contribution in [3.8, 4) is 11.4 Å². The summed E-state index contributed by atoms with van der Waals surface area (Å²) in [5.74, 6) is 0. The number of hydrogen-bond acceptors (Lipinski definition) is 4. The lowest BCUT2D eigenvalue weighted by molar-refractivity contribution is 0.824. The van der Waals surface area contributed by atoms with Crippen molar-refractivity contribution in [2.75, 3.05) is 0 Å². The summed E-state index contributed by atoms with van der Waals surface area (Å²) in [4.78, 5) is 11.5. The van der Waals surface area contributed by atoms with Gasteiger partial charge in [0.05, 0.1) is 5.69 Å². The van der Waals surface area contributed by atoms with Crippen molar-refractivity contribution in [3.05, 3.63) is 30.9 Å². The molecule has 0 aliphatic rings. The Morgan fingerprint density at radius 1 is 1.35 bits per heavy atom. The van der Waals surface area contributed by atoms with Crippen LogP contribution in [-0.2, 0) is 0 Å². The number of nitrogens with one attached hydrogen (secondary N) is 1. The third-order valence-corrected chi connectivity index (χ3v) is 2.68. The predicted molar refractivity (Wildman–Crippen MR) is 64.0 cm³/mol. The highest BCUT2D eigenvalue weighted by Gasteiger charge is 2.14. The monoisotopic (exact) mass is 226 g/mol. The normalized spacial score (nSPS) is 10.9. The lowest BCUT2D eigenvalue weighted by Crippen LogP contribution is -1.92. The molecule has 0 aliphatic carbocycles. The predicted octanol–water partition coefficient (Wildman–Crippen LogP) is 1.63. The molecular formula is C11H10N6. The van der Waals surface area contributed by atoms with Crippen LogP contribution < -0.4 is 0 Å². The van der Waals surface area contributed by atoms with Crippen molar-refractivity contribution in [3.63, 3.8) is 0 Å². The number of aromatic amines is 1. The molecule has 3 aromatic rings. The smallest absolute Gasteiger partial charge is 0.141 e. The molecule has 0 atom stereocenters. The van der Waals surface area contributed by atoms with Gasteiger partial charge < -0.3 is 4.98 Å². The first-order chi connectivity index (χ1) is 8.31. The molecule has 0 saturated heterocycles. The highest BCUT2D eigenvalue weighted by Crippen LogP contribution is 2.25. The quantitative estimate of drug-likeness (QED) is 0.720. The van der Waals surface area contributed by atoms with Gasteiger partial charge in [0.2, 0.25) is 0 Å². The van der Waals surface area contributed by atoms with Crippen LogP contribution in [0.15, 0.2) is 25.2 Å². The summed E-state index contributed by atoms with van der Waals surface area (Å²) in [5, 5.41) is 9.04. The summed E-state index contributed by atoms with van der Waals surface area (Å²) in [6, 6.07) is 1.93. The van der Waals surface area contributed by atoms with Gasteiger partial charge >= 0.3 is 0 Å². The van der Waals surface area contributed by atoms with Crippen molar-refractivity contribution in [2.45, 2.75) is 6.92 Å². The van der Waals surface area contributed by atoms with Gasteiger partial charge in [0.25, 0.3) is 0 Å². The number of aromatic nitrogens is 6. The second-order valence-corrected chi connectivity index (χ2v) is 3.61. The van der Waals surface area contributed by atoms with Gasteiger partial charge in [-0.2, -0.15) is 0 Å². The van der Waals surface area contributed by atoms with Gasteiger partial charge in [-0.1, -0.05) is 11.8 Å². The molecule has 17 heavy (non-hydrogen) atoms. The van der Waals surface area contributed by atoms with Crippen molar-refractivity contribution < 1.29 is 0 Å². The van der Waals surface area contributed by atoms with Gasteiger partial charge in [-0.3, -0.25) is 0 Å². The first-order valence-corrected chi connectivity index (χ1v) is 5.14.